The van der Waals surface area contributed by atoms with Gasteiger partial charge in [0.2, 0.25) is 15.9 Å². The Morgan fingerprint density at radius 3 is 2.25 bits per heavy atom. The van der Waals surface area contributed by atoms with Crippen molar-refractivity contribution in [1.82, 2.24) is 4.31 Å². The lowest BCUT2D eigenvalue weighted by atomic mass is 10.3. The molecule has 0 radical (unpaired) electrons. The zero-order chi connectivity index (χ0) is 20.0. The zero-order valence-corrected chi connectivity index (χ0v) is 16.4. The molecule has 0 saturated carbocycles. The van der Waals surface area contributed by atoms with Gasteiger partial charge < -0.3 is 20.1 Å². The molecule has 0 atom stereocenters. The maximum Gasteiger partial charge on any atom is 0.243 e. The Balaban J connectivity index is 1.55. The third kappa shape index (κ3) is 5.00. The van der Waals surface area contributed by atoms with Crippen LogP contribution in [-0.2, 0) is 19.6 Å². The van der Waals surface area contributed by atoms with Crippen LogP contribution < -0.4 is 15.4 Å². The number of carbonyl (C=O) groups excluding carboxylic acids is 1. The molecule has 0 unspecified atom stereocenters. The molecule has 0 aliphatic carbocycles. The molecule has 0 aromatic heterocycles. The molecule has 1 aliphatic heterocycles. The Hall–Kier alpha value is -2.62. The molecule has 1 saturated heterocycles. The smallest absolute Gasteiger partial charge is 0.243 e. The number of ether oxygens (including phenoxy) is 2. The van der Waals surface area contributed by atoms with Gasteiger partial charge in [-0.1, -0.05) is 0 Å². The van der Waals surface area contributed by atoms with E-state index in [1.165, 1.54) is 16.4 Å². The van der Waals surface area contributed by atoms with E-state index in [0.717, 1.165) is 11.4 Å². The van der Waals surface area contributed by atoms with Gasteiger partial charge in [-0.25, -0.2) is 8.42 Å². The minimum Gasteiger partial charge on any atom is -0.497 e. The number of hydrogen-bond acceptors (Lipinski definition) is 6. The number of benzene rings is 2. The van der Waals surface area contributed by atoms with Crippen molar-refractivity contribution in [3.63, 3.8) is 0 Å². The van der Waals surface area contributed by atoms with Gasteiger partial charge in [0.05, 0.1) is 31.8 Å². The van der Waals surface area contributed by atoms with Crippen molar-refractivity contribution < 1.29 is 22.7 Å². The van der Waals surface area contributed by atoms with Crippen LogP contribution in [0.2, 0.25) is 0 Å². The Bertz CT molecular complexity index is 892. The Labute approximate surface area is 164 Å². The molecule has 8 nitrogen and oxygen atoms in total. The van der Waals surface area contributed by atoms with Crippen LogP contribution in [0.3, 0.4) is 0 Å². The van der Waals surface area contributed by atoms with Gasteiger partial charge >= 0.3 is 0 Å². The summed E-state index contributed by atoms with van der Waals surface area (Å²) >= 11 is 0. The van der Waals surface area contributed by atoms with Gasteiger partial charge in [-0.05, 0) is 48.5 Å². The lowest BCUT2D eigenvalue weighted by Gasteiger charge is -2.26. The van der Waals surface area contributed by atoms with Crippen molar-refractivity contribution in [2.45, 2.75) is 4.90 Å². The van der Waals surface area contributed by atoms with Crippen molar-refractivity contribution >= 4 is 27.3 Å². The number of nitrogens with one attached hydrogen (secondary N) is 2. The molecule has 1 amide bonds. The van der Waals surface area contributed by atoms with Gasteiger partial charge in [-0.2, -0.15) is 4.31 Å². The Kier molecular flexibility index (Phi) is 6.50. The zero-order valence-electron chi connectivity index (χ0n) is 15.6. The van der Waals surface area contributed by atoms with Crippen molar-refractivity contribution in [3.8, 4) is 5.75 Å². The van der Waals surface area contributed by atoms with Crippen molar-refractivity contribution in [2.75, 3.05) is 50.6 Å². The van der Waals surface area contributed by atoms with E-state index < -0.39 is 10.0 Å². The van der Waals surface area contributed by atoms with E-state index in [9.17, 15) is 13.2 Å². The van der Waals surface area contributed by atoms with Gasteiger partial charge in [0.15, 0.2) is 0 Å². The largest absolute Gasteiger partial charge is 0.497 e. The number of sulfonamides is 1. The molecule has 0 spiro atoms. The molecule has 2 aromatic rings. The summed E-state index contributed by atoms with van der Waals surface area (Å²) in [5, 5.41) is 5.75. The Morgan fingerprint density at radius 2 is 1.64 bits per heavy atom. The number of anilines is 2. The number of carbonyl (C=O) groups is 1. The van der Waals surface area contributed by atoms with Crippen LogP contribution in [0.5, 0.6) is 5.75 Å². The van der Waals surface area contributed by atoms with Gasteiger partial charge in [-0.15, -0.1) is 0 Å². The van der Waals surface area contributed by atoms with Crippen LogP contribution in [0.15, 0.2) is 53.4 Å². The average Bonchev–Trinajstić information content (AvgIpc) is 2.73. The molecule has 28 heavy (non-hydrogen) atoms. The summed E-state index contributed by atoms with van der Waals surface area (Å²) in [5.41, 5.74) is 1.32. The summed E-state index contributed by atoms with van der Waals surface area (Å²) in [7, 11) is -1.95. The highest BCUT2D eigenvalue weighted by Crippen LogP contribution is 2.19. The van der Waals surface area contributed by atoms with E-state index in [-0.39, 0.29) is 17.3 Å². The van der Waals surface area contributed by atoms with Crippen LogP contribution in [0, 0.1) is 0 Å². The van der Waals surface area contributed by atoms with E-state index in [4.69, 9.17) is 9.47 Å². The topological polar surface area (TPSA) is 97.0 Å². The first kappa shape index (κ1) is 20.1. The highest BCUT2D eigenvalue weighted by atomic mass is 32.2. The third-order valence-corrected chi connectivity index (χ3v) is 6.20. The van der Waals surface area contributed by atoms with Crippen LogP contribution in [0.1, 0.15) is 0 Å². The lowest BCUT2D eigenvalue weighted by Crippen LogP contribution is -2.40. The lowest BCUT2D eigenvalue weighted by molar-refractivity contribution is -0.114. The van der Waals surface area contributed by atoms with Gasteiger partial charge in [0.1, 0.15) is 5.75 Å². The van der Waals surface area contributed by atoms with Crippen LogP contribution in [0.4, 0.5) is 11.4 Å². The van der Waals surface area contributed by atoms with Crippen LogP contribution >= 0.6 is 0 Å². The van der Waals surface area contributed by atoms with E-state index in [1.54, 1.807) is 31.4 Å². The second-order valence-electron chi connectivity index (χ2n) is 6.17. The van der Waals surface area contributed by atoms with Crippen LogP contribution in [-0.4, -0.2) is 58.6 Å². The van der Waals surface area contributed by atoms with Gasteiger partial charge in [-0.3, -0.25) is 4.79 Å². The summed E-state index contributed by atoms with van der Waals surface area (Å²) in [6, 6.07) is 13.4. The first-order chi connectivity index (χ1) is 13.5. The molecule has 2 N–H and O–H groups in total. The second kappa shape index (κ2) is 9.05. The molecule has 1 heterocycles. The van der Waals surface area contributed by atoms with E-state index in [1.807, 2.05) is 12.1 Å². The molecule has 2 aromatic carbocycles. The van der Waals surface area contributed by atoms with Crippen LogP contribution in [0.25, 0.3) is 0 Å². The molecule has 0 bridgehead atoms. The fraction of sp³-hybridized carbons (Fsp3) is 0.316. The molecular weight excluding hydrogens is 382 g/mol. The summed E-state index contributed by atoms with van der Waals surface area (Å²) in [6.45, 7) is 1.57. The van der Waals surface area contributed by atoms with Crippen molar-refractivity contribution in [2.24, 2.45) is 0 Å². The predicted molar refractivity (Wildman–Crippen MR) is 106 cm³/mol. The summed E-state index contributed by atoms with van der Waals surface area (Å²) in [4.78, 5) is 12.3. The number of hydrogen-bond donors (Lipinski definition) is 2. The quantitative estimate of drug-likeness (QED) is 0.729. The molecule has 1 aliphatic rings. The van der Waals surface area contributed by atoms with E-state index in [2.05, 4.69) is 10.6 Å². The first-order valence-corrected chi connectivity index (χ1v) is 10.3. The number of rotatable bonds is 7. The minimum atomic E-state index is -3.54. The fourth-order valence-electron chi connectivity index (χ4n) is 2.74. The number of morpholine rings is 1. The molecular formula is C19H23N3O5S. The Morgan fingerprint density at radius 1 is 1.04 bits per heavy atom. The van der Waals surface area contributed by atoms with E-state index >= 15 is 0 Å². The molecule has 150 valence electrons. The highest BCUT2D eigenvalue weighted by Gasteiger charge is 2.26. The van der Waals surface area contributed by atoms with Gasteiger partial charge in [0.25, 0.3) is 0 Å². The molecule has 3 rings (SSSR count). The van der Waals surface area contributed by atoms with Crippen molar-refractivity contribution in [1.29, 1.82) is 0 Å². The monoisotopic (exact) mass is 405 g/mol. The normalized spacial score (nSPS) is 15.0. The summed E-state index contributed by atoms with van der Waals surface area (Å²) in [6.07, 6.45) is 0. The third-order valence-electron chi connectivity index (χ3n) is 4.29. The second-order valence-corrected chi connectivity index (χ2v) is 8.11. The first-order valence-electron chi connectivity index (χ1n) is 8.85. The van der Waals surface area contributed by atoms with E-state index in [0.29, 0.717) is 32.0 Å². The minimum absolute atomic E-state index is 0.0835. The van der Waals surface area contributed by atoms with Gasteiger partial charge in [0, 0.05) is 24.5 Å². The summed E-state index contributed by atoms with van der Waals surface area (Å²) < 4.78 is 36.9. The molecule has 9 heteroatoms. The SMILES string of the molecule is COc1ccc(NCC(=O)Nc2ccc(S(=O)(=O)N3CCOCC3)cc2)cc1. The molecule has 1 fully saturated rings. The fourth-order valence-corrected chi connectivity index (χ4v) is 4.15. The summed E-state index contributed by atoms with van der Waals surface area (Å²) in [5.74, 6) is 0.502. The predicted octanol–water partition coefficient (Wildman–Crippen LogP) is 1.77. The average molecular weight is 405 g/mol. The maximum absolute atomic E-state index is 12.6. The number of methoxy groups -OCH3 is 1. The number of amides is 1. The standard InChI is InChI=1S/C19H23N3O5S/c1-26-17-6-2-15(3-7-17)20-14-19(23)21-16-4-8-18(9-5-16)28(24,25)22-10-12-27-13-11-22/h2-9,20H,10-14H2,1H3,(H,21,23). The van der Waals surface area contributed by atoms with Crippen molar-refractivity contribution in [3.05, 3.63) is 48.5 Å². The maximum atomic E-state index is 12.6. The highest BCUT2D eigenvalue weighted by molar-refractivity contribution is 7.89. The number of nitrogens with zero attached hydrogens (tertiary/aromatic N) is 1.